The lowest BCUT2D eigenvalue weighted by atomic mass is 10.1. The normalized spacial score (nSPS) is 14.4. The summed E-state index contributed by atoms with van der Waals surface area (Å²) in [7, 11) is 1.68. The van der Waals surface area contributed by atoms with Gasteiger partial charge in [0.1, 0.15) is 5.75 Å². The topological polar surface area (TPSA) is 41.9 Å². The molecule has 0 fully saturated rings. The van der Waals surface area contributed by atoms with Crippen molar-refractivity contribution in [2.45, 2.75) is 58.9 Å². The van der Waals surface area contributed by atoms with E-state index in [-0.39, 0.29) is 6.10 Å². The number of methoxy groups -OCH3 is 1. The number of aliphatic hydroxyl groups excluding tert-OH is 1. The van der Waals surface area contributed by atoms with Crippen LogP contribution in [0.5, 0.6) is 5.75 Å². The fraction of sp³-hybridized carbons (Fsp3) is 0.667. The summed E-state index contributed by atoms with van der Waals surface area (Å²) in [6.45, 7) is 10.1. The van der Waals surface area contributed by atoms with Gasteiger partial charge in [0, 0.05) is 19.1 Å². The SMILES string of the molecule is CCC(C)N(Cc1cccc(OC)c1)CC(O)COC(C)C. The van der Waals surface area contributed by atoms with Gasteiger partial charge in [-0.2, -0.15) is 0 Å². The summed E-state index contributed by atoms with van der Waals surface area (Å²) in [4.78, 5) is 2.29. The minimum Gasteiger partial charge on any atom is -0.497 e. The zero-order valence-electron chi connectivity index (χ0n) is 14.6. The molecule has 22 heavy (non-hydrogen) atoms. The van der Waals surface area contributed by atoms with Gasteiger partial charge < -0.3 is 14.6 Å². The largest absolute Gasteiger partial charge is 0.497 e. The smallest absolute Gasteiger partial charge is 0.119 e. The van der Waals surface area contributed by atoms with E-state index in [1.807, 2.05) is 32.0 Å². The fourth-order valence-corrected chi connectivity index (χ4v) is 2.29. The van der Waals surface area contributed by atoms with E-state index in [0.717, 1.165) is 18.7 Å². The maximum absolute atomic E-state index is 10.2. The molecule has 0 aliphatic heterocycles. The molecule has 0 aliphatic carbocycles. The van der Waals surface area contributed by atoms with Crippen LogP contribution in [0, 0.1) is 0 Å². The quantitative estimate of drug-likeness (QED) is 0.721. The third-order valence-electron chi connectivity index (χ3n) is 3.80. The zero-order valence-corrected chi connectivity index (χ0v) is 14.6. The minimum absolute atomic E-state index is 0.144. The van der Waals surface area contributed by atoms with Crippen molar-refractivity contribution < 1.29 is 14.6 Å². The van der Waals surface area contributed by atoms with Crippen molar-refractivity contribution in [3.63, 3.8) is 0 Å². The predicted octanol–water partition coefficient (Wildman–Crippen LogP) is 3.08. The van der Waals surface area contributed by atoms with Gasteiger partial charge in [-0.05, 0) is 44.9 Å². The van der Waals surface area contributed by atoms with E-state index >= 15 is 0 Å². The molecule has 0 radical (unpaired) electrons. The first-order valence-electron chi connectivity index (χ1n) is 8.12. The van der Waals surface area contributed by atoms with Crippen LogP contribution in [0.4, 0.5) is 0 Å². The highest BCUT2D eigenvalue weighted by molar-refractivity contribution is 5.28. The van der Waals surface area contributed by atoms with Crippen LogP contribution in [-0.4, -0.2) is 48.5 Å². The second-order valence-electron chi connectivity index (χ2n) is 6.07. The van der Waals surface area contributed by atoms with Gasteiger partial charge in [-0.1, -0.05) is 19.1 Å². The molecule has 1 aromatic rings. The van der Waals surface area contributed by atoms with Crippen molar-refractivity contribution in [2.24, 2.45) is 0 Å². The maximum Gasteiger partial charge on any atom is 0.119 e. The number of hydrogen-bond donors (Lipinski definition) is 1. The Morgan fingerprint density at radius 3 is 2.55 bits per heavy atom. The van der Waals surface area contributed by atoms with Crippen LogP contribution in [0.3, 0.4) is 0 Å². The maximum atomic E-state index is 10.2. The Bertz CT molecular complexity index is 423. The van der Waals surface area contributed by atoms with Gasteiger partial charge in [0.2, 0.25) is 0 Å². The van der Waals surface area contributed by atoms with Crippen molar-refractivity contribution in [1.29, 1.82) is 0 Å². The van der Waals surface area contributed by atoms with Gasteiger partial charge in [0.05, 0.1) is 25.9 Å². The van der Waals surface area contributed by atoms with E-state index < -0.39 is 6.10 Å². The number of rotatable bonds is 10. The molecule has 0 saturated carbocycles. The van der Waals surface area contributed by atoms with Gasteiger partial charge >= 0.3 is 0 Å². The molecule has 0 bridgehead atoms. The molecule has 0 aromatic heterocycles. The van der Waals surface area contributed by atoms with Crippen LogP contribution in [0.15, 0.2) is 24.3 Å². The van der Waals surface area contributed by atoms with Crippen LogP contribution >= 0.6 is 0 Å². The summed E-state index contributed by atoms with van der Waals surface area (Å²) in [5.41, 5.74) is 1.19. The van der Waals surface area contributed by atoms with E-state index in [1.165, 1.54) is 5.56 Å². The first-order valence-corrected chi connectivity index (χ1v) is 8.12. The van der Waals surface area contributed by atoms with E-state index in [2.05, 4.69) is 24.8 Å². The van der Waals surface area contributed by atoms with E-state index in [9.17, 15) is 5.11 Å². The number of benzene rings is 1. The Hall–Kier alpha value is -1.10. The molecular weight excluding hydrogens is 278 g/mol. The van der Waals surface area contributed by atoms with Crippen LogP contribution in [0.2, 0.25) is 0 Å². The molecule has 4 heteroatoms. The van der Waals surface area contributed by atoms with Crippen molar-refractivity contribution >= 4 is 0 Å². The molecule has 0 saturated heterocycles. The number of hydrogen-bond acceptors (Lipinski definition) is 4. The number of aliphatic hydroxyl groups is 1. The van der Waals surface area contributed by atoms with E-state index in [0.29, 0.717) is 19.2 Å². The average molecular weight is 309 g/mol. The van der Waals surface area contributed by atoms with Gasteiger partial charge in [0.15, 0.2) is 0 Å². The third-order valence-corrected chi connectivity index (χ3v) is 3.80. The summed E-state index contributed by atoms with van der Waals surface area (Å²) >= 11 is 0. The van der Waals surface area contributed by atoms with Crippen LogP contribution < -0.4 is 4.74 Å². The molecule has 0 aliphatic rings. The van der Waals surface area contributed by atoms with E-state index in [4.69, 9.17) is 9.47 Å². The molecule has 0 heterocycles. The molecule has 4 nitrogen and oxygen atoms in total. The Labute approximate surface area is 135 Å². The first kappa shape index (κ1) is 18.9. The highest BCUT2D eigenvalue weighted by Crippen LogP contribution is 2.17. The lowest BCUT2D eigenvalue weighted by Gasteiger charge is -2.30. The van der Waals surface area contributed by atoms with Crippen molar-refractivity contribution in [3.05, 3.63) is 29.8 Å². The zero-order chi connectivity index (χ0) is 16.5. The Balaban J connectivity index is 2.67. The summed E-state index contributed by atoms with van der Waals surface area (Å²) in [6.07, 6.45) is 0.717. The molecule has 1 N–H and O–H groups in total. The summed E-state index contributed by atoms with van der Waals surface area (Å²) < 4.78 is 10.8. The second-order valence-corrected chi connectivity index (χ2v) is 6.07. The van der Waals surface area contributed by atoms with Gasteiger partial charge in [-0.25, -0.2) is 0 Å². The minimum atomic E-state index is -0.470. The van der Waals surface area contributed by atoms with Crippen LogP contribution in [0.25, 0.3) is 0 Å². The lowest BCUT2D eigenvalue weighted by molar-refractivity contribution is -0.0149. The number of nitrogens with zero attached hydrogens (tertiary/aromatic N) is 1. The Morgan fingerprint density at radius 2 is 1.95 bits per heavy atom. The molecule has 2 atom stereocenters. The summed E-state index contributed by atoms with van der Waals surface area (Å²) in [6, 6.07) is 8.49. The second kappa shape index (κ2) is 9.82. The summed E-state index contributed by atoms with van der Waals surface area (Å²) in [5.74, 6) is 0.866. The monoisotopic (exact) mass is 309 g/mol. The van der Waals surface area contributed by atoms with Crippen LogP contribution in [0.1, 0.15) is 39.7 Å². The summed E-state index contributed by atoms with van der Waals surface area (Å²) in [5, 5.41) is 10.2. The first-order chi connectivity index (χ1) is 10.5. The lowest BCUT2D eigenvalue weighted by Crippen LogP contribution is -2.40. The molecule has 1 rings (SSSR count). The molecular formula is C18H31NO3. The van der Waals surface area contributed by atoms with Crippen molar-refractivity contribution in [3.8, 4) is 5.75 Å². The predicted molar refractivity (Wildman–Crippen MR) is 90.3 cm³/mol. The molecule has 0 amide bonds. The molecule has 0 spiro atoms. The van der Waals surface area contributed by atoms with Crippen molar-refractivity contribution in [2.75, 3.05) is 20.3 Å². The van der Waals surface area contributed by atoms with Crippen LogP contribution in [-0.2, 0) is 11.3 Å². The fourth-order valence-electron chi connectivity index (χ4n) is 2.29. The van der Waals surface area contributed by atoms with Crippen molar-refractivity contribution in [1.82, 2.24) is 4.90 Å². The molecule has 1 aromatic carbocycles. The van der Waals surface area contributed by atoms with Gasteiger partial charge in [-0.15, -0.1) is 0 Å². The average Bonchev–Trinajstić information content (AvgIpc) is 2.51. The van der Waals surface area contributed by atoms with E-state index in [1.54, 1.807) is 7.11 Å². The molecule has 2 unspecified atom stereocenters. The highest BCUT2D eigenvalue weighted by Gasteiger charge is 2.17. The Kier molecular flexibility index (Phi) is 8.46. The Morgan fingerprint density at radius 1 is 1.23 bits per heavy atom. The standard InChI is InChI=1S/C18H31NO3/c1-6-15(4)19(12-17(20)13-22-14(2)3)11-16-8-7-9-18(10-16)21-5/h7-10,14-15,17,20H,6,11-13H2,1-5H3. The highest BCUT2D eigenvalue weighted by atomic mass is 16.5. The van der Waals surface area contributed by atoms with Gasteiger partial charge in [0.25, 0.3) is 0 Å². The number of ether oxygens (including phenoxy) is 2. The third kappa shape index (κ3) is 6.77. The van der Waals surface area contributed by atoms with Gasteiger partial charge in [-0.3, -0.25) is 4.90 Å². The molecule has 126 valence electrons.